The topological polar surface area (TPSA) is 51.2 Å². The summed E-state index contributed by atoms with van der Waals surface area (Å²) in [4.78, 5) is 11.5. The molecule has 19 heavy (non-hydrogen) atoms. The standard InChI is InChI=1S/C14H11ClO3S/c15-14(16)13-9-5-4-6-11(13)10-19(17,18)12-7-2-1-3-8-12/h1-9H,10H2. The summed E-state index contributed by atoms with van der Waals surface area (Å²) in [7, 11) is -3.48. The van der Waals surface area contributed by atoms with Crippen LogP contribution in [-0.2, 0) is 15.6 Å². The Kier molecular flexibility index (Phi) is 4.02. The van der Waals surface area contributed by atoms with Gasteiger partial charge in [0.1, 0.15) is 0 Å². The van der Waals surface area contributed by atoms with E-state index in [1.807, 2.05) is 0 Å². The number of sulfone groups is 1. The Morgan fingerprint density at radius 1 is 0.947 bits per heavy atom. The van der Waals surface area contributed by atoms with Crippen molar-refractivity contribution in [1.29, 1.82) is 0 Å². The molecule has 0 heterocycles. The van der Waals surface area contributed by atoms with Gasteiger partial charge in [-0.25, -0.2) is 8.42 Å². The van der Waals surface area contributed by atoms with E-state index in [4.69, 9.17) is 11.6 Å². The van der Waals surface area contributed by atoms with Crippen LogP contribution in [0.4, 0.5) is 0 Å². The zero-order valence-electron chi connectivity index (χ0n) is 9.91. The molecule has 2 aromatic rings. The molecule has 3 nitrogen and oxygen atoms in total. The maximum absolute atomic E-state index is 12.2. The largest absolute Gasteiger partial charge is 0.276 e. The fraction of sp³-hybridized carbons (Fsp3) is 0.0714. The molecule has 0 aliphatic rings. The summed E-state index contributed by atoms with van der Waals surface area (Å²) in [5.41, 5.74) is 0.634. The predicted molar refractivity (Wildman–Crippen MR) is 74.0 cm³/mol. The van der Waals surface area contributed by atoms with Gasteiger partial charge in [-0.3, -0.25) is 4.79 Å². The van der Waals surface area contributed by atoms with E-state index in [-0.39, 0.29) is 16.2 Å². The molecule has 2 rings (SSSR count). The second-order valence-corrected chi connectivity index (χ2v) is 6.34. The molecule has 2 aromatic carbocycles. The maximum atomic E-state index is 12.2. The molecule has 0 aliphatic carbocycles. The molecular formula is C14H11ClO3S. The van der Waals surface area contributed by atoms with E-state index in [0.29, 0.717) is 5.56 Å². The van der Waals surface area contributed by atoms with Crippen LogP contribution in [0.3, 0.4) is 0 Å². The van der Waals surface area contributed by atoms with Gasteiger partial charge in [0.2, 0.25) is 0 Å². The fourth-order valence-corrected chi connectivity index (χ4v) is 3.34. The Balaban J connectivity index is 2.39. The number of benzene rings is 2. The second-order valence-electron chi connectivity index (χ2n) is 4.00. The number of hydrogen-bond donors (Lipinski definition) is 0. The average Bonchev–Trinajstić information content (AvgIpc) is 2.39. The van der Waals surface area contributed by atoms with Gasteiger partial charge in [0.15, 0.2) is 9.84 Å². The third kappa shape index (κ3) is 3.22. The van der Waals surface area contributed by atoms with Crippen LogP contribution in [0.2, 0.25) is 0 Å². The fourth-order valence-electron chi connectivity index (χ4n) is 1.75. The second kappa shape index (κ2) is 5.55. The van der Waals surface area contributed by atoms with Crippen LogP contribution in [-0.4, -0.2) is 13.7 Å². The highest BCUT2D eigenvalue weighted by molar-refractivity contribution is 7.90. The van der Waals surface area contributed by atoms with Crippen LogP contribution >= 0.6 is 11.6 Å². The molecule has 0 spiro atoms. The van der Waals surface area contributed by atoms with Gasteiger partial charge in [-0.15, -0.1) is 0 Å². The zero-order chi connectivity index (χ0) is 13.9. The zero-order valence-corrected chi connectivity index (χ0v) is 11.5. The molecule has 0 saturated heterocycles. The lowest BCUT2D eigenvalue weighted by atomic mass is 10.1. The molecular weight excluding hydrogens is 284 g/mol. The molecule has 0 aromatic heterocycles. The summed E-state index contributed by atoms with van der Waals surface area (Å²) >= 11 is 5.45. The van der Waals surface area contributed by atoms with Crippen molar-refractivity contribution in [2.24, 2.45) is 0 Å². The minimum atomic E-state index is -3.48. The van der Waals surface area contributed by atoms with Gasteiger partial charge in [0, 0.05) is 5.56 Å². The van der Waals surface area contributed by atoms with Crippen molar-refractivity contribution in [2.75, 3.05) is 0 Å². The van der Waals surface area contributed by atoms with Crippen LogP contribution in [0.1, 0.15) is 15.9 Å². The normalized spacial score (nSPS) is 11.2. The van der Waals surface area contributed by atoms with Crippen LogP contribution in [0, 0.1) is 0 Å². The molecule has 0 amide bonds. The maximum Gasteiger partial charge on any atom is 0.252 e. The van der Waals surface area contributed by atoms with Gasteiger partial charge in [-0.2, -0.15) is 0 Å². The van der Waals surface area contributed by atoms with Crippen LogP contribution in [0.5, 0.6) is 0 Å². The van der Waals surface area contributed by atoms with Gasteiger partial charge < -0.3 is 0 Å². The van der Waals surface area contributed by atoms with Gasteiger partial charge >= 0.3 is 0 Å². The molecule has 0 bridgehead atoms. The first-order chi connectivity index (χ1) is 9.00. The van der Waals surface area contributed by atoms with Gasteiger partial charge in [0.05, 0.1) is 10.6 Å². The SMILES string of the molecule is O=C(Cl)c1ccccc1CS(=O)(=O)c1ccccc1. The number of hydrogen-bond acceptors (Lipinski definition) is 3. The molecule has 0 atom stereocenters. The van der Waals surface area contributed by atoms with Gasteiger partial charge in [0.25, 0.3) is 5.24 Å². The van der Waals surface area contributed by atoms with Crippen molar-refractivity contribution in [3.63, 3.8) is 0 Å². The summed E-state index contributed by atoms with van der Waals surface area (Å²) in [6.07, 6.45) is 0. The lowest BCUT2D eigenvalue weighted by Crippen LogP contribution is -2.08. The van der Waals surface area contributed by atoms with Crippen molar-refractivity contribution in [3.05, 3.63) is 65.7 Å². The van der Waals surface area contributed by atoms with Crippen molar-refractivity contribution in [2.45, 2.75) is 10.6 Å². The Morgan fingerprint density at radius 2 is 1.53 bits per heavy atom. The van der Waals surface area contributed by atoms with Crippen LogP contribution < -0.4 is 0 Å². The summed E-state index contributed by atoms with van der Waals surface area (Å²) in [5.74, 6) is -0.244. The highest BCUT2D eigenvalue weighted by atomic mass is 35.5. The smallest absolute Gasteiger partial charge is 0.252 e. The first-order valence-corrected chi connectivity index (χ1v) is 7.59. The van der Waals surface area contributed by atoms with E-state index >= 15 is 0 Å². The van der Waals surface area contributed by atoms with Crippen molar-refractivity contribution in [1.82, 2.24) is 0 Å². The number of rotatable bonds is 4. The van der Waals surface area contributed by atoms with Gasteiger partial charge in [-0.05, 0) is 35.4 Å². The molecule has 0 fully saturated rings. The van der Waals surface area contributed by atoms with Crippen molar-refractivity contribution in [3.8, 4) is 0 Å². The monoisotopic (exact) mass is 294 g/mol. The van der Waals surface area contributed by atoms with E-state index in [9.17, 15) is 13.2 Å². The molecule has 0 aliphatic heterocycles. The summed E-state index contributed by atoms with van der Waals surface area (Å²) < 4.78 is 24.4. The van der Waals surface area contributed by atoms with E-state index in [2.05, 4.69) is 0 Å². The summed E-state index contributed by atoms with van der Waals surface area (Å²) in [6.45, 7) is 0. The molecule has 5 heteroatoms. The minimum Gasteiger partial charge on any atom is -0.276 e. The van der Waals surface area contributed by atoms with E-state index < -0.39 is 15.1 Å². The van der Waals surface area contributed by atoms with E-state index in [1.54, 1.807) is 36.4 Å². The minimum absolute atomic E-state index is 0.226. The van der Waals surface area contributed by atoms with Crippen LogP contribution in [0.15, 0.2) is 59.5 Å². The van der Waals surface area contributed by atoms with Gasteiger partial charge in [-0.1, -0.05) is 36.4 Å². The van der Waals surface area contributed by atoms with Crippen LogP contribution in [0.25, 0.3) is 0 Å². The first kappa shape index (κ1) is 13.8. The lowest BCUT2D eigenvalue weighted by molar-refractivity contribution is 0.108. The Hall–Kier alpha value is -1.65. The number of carbonyl (C=O) groups is 1. The molecule has 0 N–H and O–H groups in total. The third-order valence-corrected chi connectivity index (χ3v) is 4.56. The molecule has 98 valence electrons. The Labute approximate surface area is 116 Å². The van der Waals surface area contributed by atoms with E-state index in [0.717, 1.165) is 0 Å². The molecule has 0 saturated carbocycles. The Bertz CT molecular complexity index is 694. The quantitative estimate of drug-likeness (QED) is 0.814. The third-order valence-electron chi connectivity index (χ3n) is 2.68. The highest BCUT2D eigenvalue weighted by Crippen LogP contribution is 2.19. The highest BCUT2D eigenvalue weighted by Gasteiger charge is 2.18. The number of halogens is 1. The van der Waals surface area contributed by atoms with Crippen molar-refractivity contribution >= 4 is 26.7 Å². The predicted octanol–water partition coefficient (Wildman–Crippen LogP) is 3.04. The first-order valence-electron chi connectivity index (χ1n) is 5.56. The van der Waals surface area contributed by atoms with Crippen molar-refractivity contribution < 1.29 is 13.2 Å². The number of carbonyl (C=O) groups excluding carboxylic acids is 1. The Morgan fingerprint density at radius 3 is 2.16 bits per heavy atom. The van der Waals surface area contributed by atoms with E-state index in [1.165, 1.54) is 18.2 Å². The summed E-state index contributed by atoms with van der Waals surface area (Å²) in [6, 6.07) is 14.6. The molecule has 0 radical (unpaired) electrons. The lowest BCUT2D eigenvalue weighted by Gasteiger charge is -2.07. The molecule has 0 unspecified atom stereocenters. The average molecular weight is 295 g/mol. The summed E-state index contributed by atoms with van der Waals surface area (Å²) in [5, 5.41) is -0.654.